The quantitative estimate of drug-likeness (QED) is 0.747. The molecule has 3 nitrogen and oxygen atoms in total. The van der Waals surface area contributed by atoms with Gasteiger partial charge in [-0.05, 0) is 25.0 Å². The van der Waals surface area contributed by atoms with E-state index in [-0.39, 0.29) is 11.7 Å². The highest BCUT2D eigenvalue weighted by atomic mass is 32.2. The summed E-state index contributed by atoms with van der Waals surface area (Å²) in [6, 6.07) is 15.4. The SMILES string of the molecule is Cc1ccc(CSCC(=O)N2CCCN(Cc3ccccc3F)CC2)cc1. The Morgan fingerprint density at radius 2 is 1.81 bits per heavy atom. The molecule has 0 aromatic heterocycles. The van der Waals surface area contributed by atoms with E-state index in [1.54, 1.807) is 17.8 Å². The number of carbonyl (C=O) groups is 1. The van der Waals surface area contributed by atoms with E-state index in [2.05, 4.69) is 36.1 Å². The number of thioether (sulfide) groups is 1. The van der Waals surface area contributed by atoms with E-state index in [0.717, 1.165) is 43.9 Å². The first kappa shape index (κ1) is 19.9. The van der Waals surface area contributed by atoms with Gasteiger partial charge >= 0.3 is 0 Å². The van der Waals surface area contributed by atoms with Crippen molar-refractivity contribution in [3.05, 3.63) is 71.0 Å². The molecule has 0 N–H and O–H groups in total. The lowest BCUT2D eigenvalue weighted by atomic mass is 10.2. The van der Waals surface area contributed by atoms with Gasteiger partial charge in [-0.2, -0.15) is 0 Å². The van der Waals surface area contributed by atoms with E-state index in [4.69, 9.17) is 0 Å². The number of hydrogen-bond acceptors (Lipinski definition) is 3. The third kappa shape index (κ3) is 6.08. The Morgan fingerprint density at radius 3 is 2.59 bits per heavy atom. The molecule has 27 heavy (non-hydrogen) atoms. The maximum Gasteiger partial charge on any atom is 0.232 e. The molecule has 1 aliphatic rings. The van der Waals surface area contributed by atoms with Gasteiger partial charge in [0.2, 0.25) is 5.91 Å². The molecule has 0 saturated carbocycles. The third-order valence-electron chi connectivity index (χ3n) is 4.91. The van der Waals surface area contributed by atoms with E-state index in [9.17, 15) is 9.18 Å². The number of hydrogen-bond donors (Lipinski definition) is 0. The molecule has 0 aliphatic carbocycles. The molecule has 0 atom stereocenters. The highest BCUT2D eigenvalue weighted by Crippen LogP contribution is 2.16. The highest BCUT2D eigenvalue weighted by molar-refractivity contribution is 7.99. The zero-order valence-corrected chi connectivity index (χ0v) is 16.7. The van der Waals surface area contributed by atoms with Gasteiger partial charge in [0, 0.05) is 44.0 Å². The van der Waals surface area contributed by atoms with Gasteiger partial charge in [-0.15, -0.1) is 11.8 Å². The second-order valence-corrected chi connectivity index (χ2v) is 8.07. The van der Waals surface area contributed by atoms with Crippen molar-refractivity contribution in [1.82, 2.24) is 9.80 Å². The first-order valence-electron chi connectivity index (χ1n) is 9.48. The summed E-state index contributed by atoms with van der Waals surface area (Å²) < 4.78 is 13.9. The monoisotopic (exact) mass is 386 g/mol. The minimum Gasteiger partial charge on any atom is -0.341 e. The zero-order chi connectivity index (χ0) is 19.1. The van der Waals surface area contributed by atoms with Crippen molar-refractivity contribution >= 4 is 17.7 Å². The van der Waals surface area contributed by atoms with Gasteiger partial charge in [-0.3, -0.25) is 9.69 Å². The molecule has 1 amide bonds. The van der Waals surface area contributed by atoms with Crippen LogP contribution in [0.5, 0.6) is 0 Å². The van der Waals surface area contributed by atoms with Crippen LogP contribution in [0.4, 0.5) is 4.39 Å². The smallest absolute Gasteiger partial charge is 0.232 e. The predicted molar refractivity (Wildman–Crippen MR) is 110 cm³/mol. The first-order chi connectivity index (χ1) is 13.1. The molecule has 1 aliphatic heterocycles. The van der Waals surface area contributed by atoms with Crippen LogP contribution in [0.2, 0.25) is 0 Å². The Hall–Kier alpha value is -1.85. The lowest BCUT2D eigenvalue weighted by Crippen LogP contribution is -2.36. The third-order valence-corrected chi connectivity index (χ3v) is 5.90. The van der Waals surface area contributed by atoms with E-state index < -0.39 is 0 Å². The van der Waals surface area contributed by atoms with Crippen molar-refractivity contribution < 1.29 is 9.18 Å². The highest BCUT2D eigenvalue weighted by Gasteiger charge is 2.19. The molecule has 1 saturated heterocycles. The van der Waals surface area contributed by atoms with E-state index in [1.807, 2.05) is 17.0 Å². The first-order valence-corrected chi connectivity index (χ1v) is 10.6. The Kier molecular flexibility index (Phi) is 7.30. The van der Waals surface area contributed by atoms with Crippen molar-refractivity contribution in [3.63, 3.8) is 0 Å². The molecule has 2 aromatic carbocycles. The standard InChI is InChI=1S/C22H27FN2OS/c1-18-7-9-19(10-8-18)16-27-17-22(26)25-12-4-11-24(13-14-25)15-20-5-2-3-6-21(20)23/h2-3,5-10H,4,11-17H2,1H3. The molecule has 2 aromatic rings. The summed E-state index contributed by atoms with van der Waals surface area (Å²) in [5.41, 5.74) is 3.24. The Balaban J connectivity index is 1.43. The molecule has 0 bridgehead atoms. The maximum atomic E-state index is 13.9. The van der Waals surface area contributed by atoms with Gasteiger partial charge in [0.05, 0.1) is 5.75 Å². The van der Waals surface area contributed by atoms with Crippen LogP contribution >= 0.6 is 11.8 Å². The number of benzene rings is 2. The lowest BCUT2D eigenvalue weighted by molar-refractivity contribution is -0.128. The Labute approximate surface area is 165 Å². The van der Waals surface area contributed by atoms with Gasteiger partial charge < -0.3 is 4.90 Å². The molecule has 144 valence electrons. The van der Waals surface area contributed by atoms with Gasteiger partial charge in [0.25, 0.3) is 0 Å². The van der Waals surface area contributed by atoms with Crippen molar-refractivity contribution in [2.75, 3.05) is 31.9 Å². The minimum atomic E-state index is -0.151. The second kappa shape index (κ2) is 9.90. The van der Waals surface area contributed by atoms with Gasteiger partial charge in [0.15, 0.2) is 0 Å². The van der Waals surface area contributed by atoms with Crippen LogP contribution in [0.15, 0.2) is 48.5 Å². The van der Waals surface area contributed by atoms with Gasteiger partial charge in [-0.25, -0.2) is 4.39 Å². The van der Waals surface area contributed by atoms with E-state index in [0.29, 0.717) is 12.3 Å². The molecule has 5 heteroatoms. The number of halogens is 1. The molecular weight excluding hydrogens is 359 g/mol. The van der Waals surface area contributed by atoms with Crippen LogP contribution in [-0.4, -0.2) is 47.6 Å². The summed E-state index contributed by atoms with van der Waals surface area (Å²) >= 11 is 1.67. The summed E-state index contributed by atoms with van der Waals surface area (Å²) in [5.74, 6) is 1.43. The van der Waals surface area contributed by atoms with E-state index >= 15 is 0 Å². The number of rotatable bonds is 6. The Bertz CT molecular complexity index is 750. The van der Waals surface area contributed by atoms with Crippen LogP contribution in [0.25, 0.3) is 0 Å². The largest absolute Gasteiger partial charge is 0.341 e. The van der Waals surface area contributed by atoms with Crippen molar-refractivity contribution in [1.29, 1.82) is 0 Å². The van der Waals surface area contributed by atoms with Crippen molar-refractivity contribution in [2.45, 2.75) is 25.6 Å². The second-order valence-electron chi connectivity index (χ2n) is 7.08. The summed E-state index contributed by atoms with van der Waals surface area (Å²) in [5, 5.41) is 0. The molecule has 1 heterocycles. The molecular formula is C22H27FN2OS. The molecule has 0 spiro atoms. The lowest BCUT2D eigenvalue weighted by Gasteiger charge is -2.22. The van der Waals surface area contributed by atoms with Crippen molar-refractivity contribution in [3.8, 4) is 0 Å². The average Bonchev–Trinajstić information content (AvgIpc) is 2.91. The summed E-state index contributed by atoms with van der Waals surface area (Å²) in [6.07, 6.45) is 0.933. The molecule has 0 unspecified atom stereocenters. The van der Waals surface area contributed by atoms with E-state index in [1.165, 1.54) is 17.2 Å². The fourth-order valence-electron chi connectivity index (χ4n) is 3.28. The predicted octanol–water partition coefficient (Wildman–Crippen LogP) is 4.10. The van der Waals surface area contributed by atoms with Crippen molar-refractivity contribution in [2.24, 2.45) is 0 Å². The normalized spacial score (nSPS) is 15.6. The summed E-state index contributed by atoms with van der Waals surface area (Å²) in [6.45, 7) is 5.89. The Morgan fingerprint density at radius 1 is 1.04 bits per heavy atom. The summed E-state index contributed by atoms with van der Waals surface area (Å²) in [7, 11) is 0. The zero-order valence-electron chi connectivity index (χ0n) is 15.9. The van der Waals surface area contributed by atoms with Crippen LogP contribution in [-0.2, 0) is 17.1 Å². The van der Waals surface area contributed by atoms with Gasteiger partial charge in [0.1, 0.15) is 5.82 Å². The number of carbonyl (C=O) groups excluding carboxylic acids is 1. The molecule has 3 rings (SSSR count). The number of nitrogens with zero attached hydrogens (tertiary/aromatic N) is 2. The van der Waals surface area contributed by atoms with Crippen LogP contribution < -0.4 is 0 Å². The van der Waals surface area contributed by atoms with Gasteiger partial charge in [-0.1, -0.05) is 48.0 Å². The van der Waals surface area contributed by atoms with Crippen LogP contribution in [0, 0.1) is 12.7 Å². The maximum absolute atomic E-state index is 13.9. The average molecular weight is 387 g/mol. The minimum absolute atomic E-state index is 0.151. The van der Waals surface area contributed by atoms with Crippen LogP contribution in [0.1, 0.15) is 23.1 Å². The number of aryl methyl sites for hydroxylation is 1. The molecule has 1 fully saturated rings. The number of amides is 1. The molecule has 0 radical (unpaired) electrons. The fraction of sp³-hybridized carbons (Fsp3) is 0.409. The topological polar surface area (TPSA) is 23.6 Å². The van der Waals surface area contributed by atoms with Crippen LogP contribution in [0.3, 0.4) is 0 Å². The fourth-order valence-corrected chi connectivity index (χ4v) is 4.17. The summed E-state index contributed by atoms with van der Waals surface area (Å²) in [4.78, 5) is 16.7.